The van der Waals surface area contributed by atoms with Crippen molar-refractivity contribution in [2.45, 2.75) is 59.7 Å². The first-order valence-corrected chi connectivity index (χ1v) is 20.6. The molecule has 11 heteroatoms. The number of rotatable bonds is 13. The maximum absolute atomic E-state index is 6.65. The Morgan fingerprint density at radius 3 is 2.36 bits per heavy atom. The second kappa shape index (κ2) is 14.7. The minimum atomic E-state index is -2.66. The second-order valence-electron chi connectivity index (χ2n) is 12.1. The molecule has 0 aliphatic carbocycles. The van der Waals surface area contributed by atoms with Crippen LogP contribution in [0.4, 0.5) is 11.4 Å². The summed E-state index contributed by atoms with van der Waals surface area (Å²) < 4.78 is 36.1. The highest BCUT2D eigenvalue weighted by molar-refractivity contribution is 7.70. The Kier molecular flexibility index (Phi) is 11.5. The van der Waals surface area contributed by atoms with E-state index >= 15 is 0 Å². The maximum Gasteiger partial charge on any atom is 0.454 e. The van der Waals surface area contributed by atoms with Gasteiger partial charge >= 0.3 is 7.94 Å². The van der Waals surface area contributed by atoms with Gasteiger partial charge in [-0.25, -0.2) is 4.99 Å². The third-order valence-electron chi connectivity index (χ3n) is 7.11. The quantitative estimate of drug-likeness (QED) is 0.0489. The van der Waals surface area contributed by atoms with Crippen molar-refractivity contribution in [1.82, 2.24) is 0 Å². The fourth-order valence-corrected chi connectivity index (χ4v) is 8.06. The zero-order chi connectivity index (χ0) is 32.1. The van der Waals surface area contributed by atoms with Crippen molar-refractivity contribution in [2.24, 2.45) is 10.9 Å². The molecule has 0 saturated carbocycles. The Bertz CT molecular complexity index is 1450. The van der Waals surface area contributed by atoms with Crippen LogP contribution in [0.1, 0.15) is 26.3 Å². The van der Waals surface area contributed by atoms with E-state index in [1.54, 1.807) is 13.2 Å². The molecule has 1 unspecified atom stereocenters. The van der Waals surface area contributed by atoms with Crippen LogP contribution in [0.5, 0.6) is 11.5 Å². The van der Waals surface area contributed by atoms with E-state index in [-0.39, 0.29) is 12.2 Å². The monoisotopic (exact) mass is 659 g/mol. The number of methoxy groups -OCH3 is 1. The number of benzene rings is 3. The molecule has 1 fully saturated rings. The molecule has 1 heterocycles. The standard InChI is InChI=1S/C33H45ClN2O6PSi/c1-9-39-43(41-24(4)42-43)32-18-27(13-10-22(32)2)40-33(23(3)21-38-16-17-44(6,7)8)36-31-19-28(29(34)20-30(31)35)25-11-14-26(37-5)15-12-25/h10-15,18-20,23-24H,9,16-17,21,35H2,1-8H3/q+1. The summed E-state index contributed by atoms with van der Waals surface area (Å²) in [5.74, 6) is 1.64. The average molecular weight is 660 g/mol. The number of hydrogen-bond donors (Lipinski definition) is 1. The van der Waals surface area contributed by atoms with Gasteiger partial charge in [-0.05, 0) is 68.3 Å². The van der Waals surface area contributed by atoms with Crippen molar-refractivity contribution >= 4 is 50.2 Å². The zero-order valence-corrected chi connectivity index (χ0v) is 29.6. The predicted octanol–water partition coefficient (Wildman–Crippen LogP) is 8.82. The molecule has 1 aliphatic heterocycles. The third-order valence-corrected chi connectivity index (χ3v) is 11.9. The Morgan fingerprint density at radius 1 is 1.07 bits per heavy atom. The number of anilines is 1. The molecule has 238 valence electrons. The van der Waals surface area contributed by atoms with E-state index in [0.29, 0.717) is 47.9 Å². The summed E-state index contributed by atoms with van der Waals surface area (Å²) in [6, 6.07) is 18.2. The summed E-state index contributed by atoms with van der Waals surface area (Å²) >= 11 is 6.65. The highest BCUT2D eigenvalue weighted by atomic mass is 35.5. The molecule has 3 aromatic rings. The van der Waals surface area contributed by atoms with Crippen LogP contribution in [0.25, 0.3) is 11.1 Å². The van der Waals surface area contributed by atoms with E-state index in [0.717, 1.165) is 33.8 Å². The summed E-state index contributed by atoms with van der Waals surface area (Å²) in [4.78, 5) is 4.97. The summed E-state index contributed by atoms with van der Waals surface area (Å²) in [5.41, 5.74) is 10.2. The Labute approximate surface area is 268 Å². The lowest BCUT2D eigenvalue weighted by Gasteiger charge is -2.33. The molecule has 3 aromatic carbocycles. The third kappa shape index (κ3) is 8.61. The molecule has 2 N–H and O–H groups in total. The minimum absolute atomic E-state index is 0.173. The number of ether oxygens (including phenoxy) is 3. The summed E-state index contributed by atoms with van der Waals surface area (Å²) in [6.07, 6.45) is -0.322. The number of nitrogens with zero attached hydrogens (tertiary/aromatic N) is 1. The van der Waals surface area contributed by atoms with Crippen LogP contribution in [0.2, 0.25) is 30.7 Å². The lowest BCUT2D eigenvalue weighted by Crippen LogP contribution is -2.36. The Balaban J connectivity index is 1.70. The van der Waals surface area contributed by atoms with Crippen LogP contribution in [-0.2, 0) is 18.3 Å². The molecule has 44 heavy (non-hydrogen) atoms. The molecule has 1 saturated heterocycles. The van der Waals surface area contributed by atoms with Crippen molar-refractivity contribution in [3.05, 3.63) is 65.2 Å². The Morgan fingerprint density at radius 2 is 1.75 bits per heavy atom. The van der Waals surface area contributed by atoms with Gasteiger partial charge in [0.15, 0.2) is 11.2 Å². The molecule has 0 radical (unpaired) electrons. The van der Waals surface area contributed by atoms with E-state index in [2.05, 4.69) is 19.6 Å². The Hall–Kier alpha value is -2.49. The molecule has 8 nitrogen and oxygen atoms in total. The molecular formula is C33H45ClN2O6PSi+. The van der Waals surface area contributed by atoms with Gasteiger partial charge in [0.05, 0.1) is 42.6 Å². The van der Waals surface area contributed by atoms with Crippen LogP contribution in [0, 0.1) is 12.8 Å². The van der Waals surface area contributed by atoms with Gasteiger partial charge in [0.2, 0.25) is 0 Å². The van der Waals surface area contributed by atoms with Crippen LogP contribution in [-0.4, -0.2) is 47.2 Å². The first-order chi connectivity index (χ1) is 20.8. The van der Waals surface area contributed by atoms with Crippen LogP contribution < -0.4 is 20.5 Å². The van der Waals surface area contributed by atoms with Gasteiger partial charge in [-0.15, -0.1) is 9.05 Å². The fourth-order valence-electron chi connectivity index (χ4n) is 4.61. The van der Waals surface area contributed by atoms with E-state index < -0.39 is 16.0 Å². The van der Waals surface area contributed by atoms with Crippen molar-refractivity contribution in [3.63, 3.8) is 0 Å². The van der Waals surface area contributed by atoms with Gasteiger partial charge in [0, 0.05) is 26.3 Å². The lowest BCUT2D eigenvalue weighted by molar-refractivity contribution is -0.0972. The summed E-state index contributed by atoms with van der Waals surface area (Å²) in [7, 11) is -2.25. The topological polar surface area (TPSA) is 93.8 Å². The number of aryl methyl sites for hydroxylation is 1. The molecule has 0 aromatic heterocycles. The number of hydrogen-bond acceptors (Lipinski definition) is 8. The molecule has 0 spiro atoms. The van der Waals surface area contributed by atoms with Crippen molar-refractivity contribution in [3.8, 4) is 22.6 Å². The van der Waals surface area contributed by atoms with E-state index in [9.17, 15) is 0 Å². The molecule has 0 bridgehead atoms. The molecule has 1 atom stereocenters. The van der Waals surface area contributed by atoms with Gasteiger partial charge in [0.25, 0.3) is 6.29 Å². The van der Waals surface area contributed by atoms with Crippen molar-refractivity contribution in [2.75, 3.05) is 32.7 Å². The van der Waals surface area contributed by atoms with Crippen LogP contribution in [0.3, 0.4) is 0 Å². The predicted molar refractivity (Wildman–Crippen MR) is 185 cm³/mol. The van der Waals surface area contributed by atoms with Crippen molar-refractivity contribution < 1.29 is 27.8 Å². The van der Waals surface area contributed by atoms with Crippen LogP contribution in [0.15, 0.2) is 59.6 Å². The normalized spacial score (nSPS) is 19.4. The van der Waals surface area contributed by atoms with Crippen molar-refractivity contribution in [1.29, 1.82) is 0 Å². The summed E-state index contributed by atoms with van der Waals surface area (Å²) in [6.45, 7) is 16.4. The number of nitrogens with two attached hydrogens (primary N) is 1. The van der Waals surface area contributed by atoms with E-state index in [1.807, 2.05) is 76.2 Å². The zero-order valence-electron chi connectivity index (χ0n) is 27.0. The molecule has 4 rings (SSSR count). The highest BCUT2D eigenvalue weighted by Gasteiger charge is 2.62. The summed E-state index contributed by atoms with van der Waals surface area (Å²) in [5, 5.41) is 1.38. The molecule has 1 aliphatic rings. The minimum Gasteiger partial charge on any atom is -0.497 e. The van der Waals surface area contributed by atoms with Gasteiger partial charge < -0.3 is 19.9 Å². The van der Waals surface area contributed by atoms with Gasteiger partial charge in [0.1, 0.15) is 11.5 Å². The molecule has 0 amide bonds. The number of aliphatic imine (C=N–C) groups is 1. The van der Waals surface area contributed by atoms with Gasteiger partial charge in [-0.1, -0.05) is 56.4 Å². The van der Waals surface area contributed by atoms with Crippen LogP contribution >= 0.6 is 19.5 Å². The average Bonchev–Trinajstić information content (AvgIpc) is 2.95. The second-order valence-corrected chi connectivity index (χ2v) is 20.3. The SMILES string of the molecule is CCO[P+]1(c2cc(OC(=Nc3cc(-c4ccc(OC)cc4)c(Cl)cc3N)C(C)COCC[Si](C)(C)C)ccc2C)OC(C)O1. The van der Waals surface area contributed by atoms with E-state index in [1.165, 1.54) is 0 Å². The fraction of sp³-hybridized carbons (Fsp3) is 0.424. The van der Waals surface area contributed by atoms with Gasteiger partial charge in [-0.3, -0.25) is 0 Å². The lowest BCUT2D eigenvalue weighted by atomic mass is 10.0. The van der Waals surface area contributed by atoms with Gasteiger partial charge in [-0.2, -0.15) is 4.52 Å². The maximum atomic E-state index is 6.65. The molecular weight excluding hydrogens is 615 g/mol. The highest BCUT2D eigenvalue weighted by Crippen LogP contribution is 2.70. The largest absolute Gasteiger partial charge is 0.497 e. The first-order valence-electron chi connectivity index (χ1n) is 14.9. The first kappa shape index (κ1) is 34.4. The smallest absolute Gasteiger partial charge is 0.454 e. The number of nitrogen functional groups attached to an aromatic ring is 1. The van der Waals surface area contributed by atoms with E-state index in [4.69, 9.17) is 50.1 Å². The number of halogens is 1.